The molecule has 19 heavy (non-hydrogen) atoms. The van der Waals surface area contributed by atoms with E-state index in [1.54, 1.807) is 18.2 Å². The zero-order chi connectivity index (χ0) is 13.8. The lowest BCUT2D eigenvalue weighted by Gasteiger charge is -2.05. The van der Waals surface area contributed by atoms with Crippen LogP contribution in [0.1, 0.15) is 0 Å². The molecule has 1 aromatic heterocycles. The molecule has 0 radical (unpaired) electrons. The van der Waals surface area contributed by atoms with Gasteiger partial charge in [0.1, 0.15) is 11.2 Å². The SMILES string of the molecule is N#C/C(=N\Nc1cccc2ccc(Cl)nc12)C(=N)N. The molecule has 0 saturated heterocycles. The number of para-hydroxylation sites is 1. The summed E-state index contributed by atoms with van der Waals surface area (Å²) in [4.78, 5) is 4.19. The summed E-state index contributed by atoms with van der Waals surface area (Å²) in [7, 11) is 0. The number of nitriles is 1. The zero-order valence-corrected chi connectivity index (χ0v) is 10.4. The Morgan fingerprint density at radius 1 is 1.42 bits per heavy atom. The summed E-state index contributed by atoms with van der Waals surface area (Å²) in [5.74, 6) is -0.402. The van der Waals surface area contributed by atoms with Crippen molar-refractivity contribution >= 4 is 39.7 Å². The van der Waals surface area contributed by atoms with Crippen LogP contribution in [0.2, 0.25) is 5.15 Å². The molecule has 4 N–H and O–H groups in total. The second kappa shape index (κ2) is 5.33. The number of hydrazone groups is 1. The quantitative estimate of drug-likeness (QED) is 0.344. The van der Waals surface area contributed by atoms with Crippen LogP contribution in [0.15, 0.2) is 35.4 Å². The van der Waals surface area contributed by atoms with E-state index in [1.807, 2.05) is 18.2 Å². The van der Waals surface area contributed by atoms with Crippen LogP contribution in [0.4, 0.5) is 5.69 Å². The van der Waals surface area contributed by atoms with Crippen LogP contribution >= 0.6 is 11.6 Å². The van der Waals surface area contributed by atoms with Gasteiger partial charge in [-0.2, -0.15) is 10.4 Å². The number of hydrogen-bond acceptors (Lipinski definition) is 5. The summed E-state index contributed by atoms with van der Waals surface area (Å²) in [6.45, 7) is 0. The Bertz CT molecular complexity index is 716. The van der Waals surface area contributed by atoms with Gasteiger partial charge in [0, 0.05) is 5.39 Å². The van der Waals surface area contributed by atoms with Gasteiger partial charge in [0.05, 0.1) is 11.2 Å². The number of nitrogens with zero attached hydrogens (tertiary/aromatic N) is 3. The number of fused-ring (bicyclic) bond motifs is 1. The van der Waals surface area contributed by atoms with Gasteiger partial charge in [-0.25, -0.2) is 4.98 Å². The summed E-state index contributed by atoms with van der Waals surface area (Å²) in [5.41, 5.74) is 8.88. The lowest BCUT2D eigenvalue weighted by molar-refractivity contribution is 1.32. The van der Waals surface area contributed by atoms with Crippen LogP contribution in [0.5, 0.6) is 0 Å². The fourth-order valence-corrected chi connectivity index (χ4v) is 1.62. The highest BCUT2D eigenvalue weighted by Crippen LogP contribution is 2.23. The van der Waals surface area contributed by atoms with E-state index in [1.165, 1.54) is 0 Å². The van der Waals surface area contributed by atoms with Gasteiger partial charge >= 0.3 is 0 Å². The minimum absolute atomic E-state index is 0.195. The molecule has 0 fully saturated rings. The molecule has 0 aliphatic rings. The van der Waals surface area contributed by atoms with E-state index in [2.05, 4.69) is 15.5 Å². The Morgan fingerprint density at radius 2 is 2.21 bits per heavy atom. The van der Waals surface area contributed by atoms with Gasteiger partial charge in [-0.1, -0.05) is 23.7 Å². The van der Waals surface area contributed by atoms with Crippen molar-refractivity contribution in [2.45, 2.75) is 0 Å². The molecule has 0 amide bonds. The maximum absolute atomic E-state index is 8.75. The van der Waals surface area contributed by atoms with E-state index in [4.69, 9.17) is 28.0 Å². The Hall–Kier alpha value is -2.65. The first-order valence-corrected chi connectivity index (χ1v) is 5.63. The molecule has 6 nitrogen and oxygen atoms in total. The standard InChI is InChI=1S/C12H9ClN6/c13-10-5-4-7-2-1-3-8(11(7)17-10)18-19-9(6-14)12(15)16/h1-5,18H,(H3,15,16)/b19-9+. The lowest BCUT2D eigenvalue weighted by Crippen LogP contribution is -2.21. The van der Waals surface area contributed by atoms with Crippen molar-refractivity contribution in [2.24, 2.45) is 10.8 Å². The number of rotatable bonds is 3. The number of nitrogens with one attached hydrogen (secondary N) is 2. The molecular weight excluding hydrogens is 264 g/mol. The van der Waals surface area contributed by atoms with Crippen molar-refractivity contribution in [1.82, 2.24) is 4.98 Å². The minimum Gasteiger partial charge on any atom is -0.382 e. The number of pyridine rings is 1. The Balaban J connectivity index is 2.44. The van der Waals surface area contributed by atoms with Crippen molar-refractivity contribution in [2.75, 3.05) is 5.43 Å². The van der Waals surface area contributed by atoms with Crippen LogP contribution in [0.25, 0.3) is 10.9 Å². The average Bonchev–Trinajstić information content (AvgIpc) is 2.39. The molecule has 2 aromatic rings. The number of halogens is 1. The maximum atomic E-state index is 8.75. The van der Waals surface area contributed by atoms with Gasteiger partial charge in [0.15, 0.2) is 5.84 Å². The Morgan fingerprint density at radius 3 is 2.89 bits per heavy atom. The monoisotopic (exact) mass is 272 g/mol. The van der Waals surface area contributed by atoms with Gasteiger partial charge in [0.25, 0.3) is 0 Å². The van der Waals surface area contributed by atoms with Crippen LogP contribution in [0, 0.1) is 16.7 Å². The zero-order valence-electron chi connectivity index (χ0n) is 9.68. The Labute approximate surface area is 114 Å². The molecule has 0 atom stereocenters. The predicted molar refractivity (Wildman–Crippen MR) is 75.3 cm³/mol. The summed E-state index contributed by atoms with van der Waals surface area (Å²) in [6, 6.07) is 10.7. The fourth-order valence-electron chi connectivity index (χ4n) is 1.48. The van der Waals surface area contributed by atoms with Crippen LogP contribution in [-0.2, 0) is 0 Å². The second-order valence-corrected chi connectivity index (χ2v) is 4.00. The van der Waals surface area contributed by atoms with Crippen molar-refractivity contribution in [1.29, 1.82) is 10.7 Å². The summed E-state index contributed by atoms with van der Waals surface area (Å²) < 4.78 is 0. The summed E-state index contributed by atoms with van der Waals surface area (Å²) in [6.07, 6.45) is 0. The van der Waals surface area contributed by atoms with Gasteiger partial charge < -0.3 is 5.73 Å². The first-order chi connectivity index (χ1) is 9.11. The molecule has 7 heteroatoms. The van der Waals surface area contributed by atoms with Crippen molar-refractivity contribution in [3.05, 3.63) is 35.5 Å². The lowest BCUT2D eigenvalue weighted by atomic mass is 10.2. The molecule has 2 rings (SSSR count). The third-order valence-electron chi connectivity index (χ3n) is 2.34. The van der Waals surface area contributed by atoms with Crippen molar-refractivity contribution in [3.63, 3.8) is 0 Å². The van der Waals surface area contributed by atoms with Crippen LogP contribution < -0.4 is 11.2 Å². The smallest absolute Gasteiger partial charge is 0.201 e. The summed E-state index contributed by atoms with van der Waals surface area (Å²) >= 11 is 5.85. The van der Waals surface area contributed by atoms with Crippen LogP contribution in [-0.4, -0.2) is 16.5 Å². The van der Waals surface area contributed by atoms with E-state index < -0.39 is 5.84 Å². The minimum atomic E-state index is -0.402. The highest BCUT2D eigenvalue weighted by molar-refractivity contribution is 6.45. The maximum Gasteiger partial charge on any atom is 0.201 e. The third-order valence-corrected chi connectivity index (χ3v) is 2.55. The number of nitrogens with two attached hydrogens (primary N) is 1. The van der Waals surface area contributed by atoms with Crippen molar-refractivity contribution in [3.8, 4) is 6.07 Å². The van der Waals surface area contributed by atoms with E-state index >= 15 is 0 Å². The second-order valence-electron chi connectivity index (χ2n) is 3.61. The van der Waals surface area contributed by atoms with Crippen molar-refractivity contribution < 1.29 is 0 Å². The van der Waals surface area contributed by atoms with E-state index in [0.717, 1.165) is 5.39 Å². The molecule has 0 bridgehead atoms. The number of anilines is 1. The average molecular weight is 273 g/mol. The molecule has 0 aliphatic carbocycles. The number of amidine groups is 1. The molecule has 0 saturated carbocycles. The van der Waals surface area contributed by atoms with Gasteiger partial charge in [0.2, 0.25) is 5.71 Å². The highest BCUT2D eigenvalue weighted by atomic mass is 35.5. The van der Waals surface area contributed by atoms with Gasteiger partial charge in [-0.3, -0.25) is 10.8 Å². The van der Waals surface area contributed by atoms with Gasteiger partial charge in [-0.05, 0) is 18.2 Å². The Kier molecular flexibility index (Phi) is 3.59. The molecule has 0 spiro atoms. The fraction of sp³-hybridized carbons (Fsp3) is 0. The van der Waals surface area contributed by atoms with E-state index in [0.29, 0.717) is 16.4 Å². The predicted octanol–water partition coefficient (Wildman–Crippen LogP) is 2.12. The molecule has 1 aromatic carbocycles. The molecular formula is C12H9ClN6. The highest BCUT2D eigenvalue weighted by Gasteiger charge is 2.04. The molecule has 1 heterocycles. The number of aromatic nitrogens is 1. The first-order valence-electron chi connectivity index (χ1n) is 5.25. The van der Waals surface area contributed by atoms with Gasteiger partial charge in [-0.15, -0.1) is 0 Å². The molecule has 0 aliphatic heterocycles. The normalized spacial score (nSPS) is 11.1. The largest absolute Gasteiger partial charge is 0.382 e. The van der Waals surface area contributed by atoms with E-state index in [-0.39, 0.29) is 5.71 Å². The number of benzene rings is 1. The molecule has 0 unspecified atom stereocenters. The number of hydrogen-bond donors (Lipinski definition) is 3. The first kappa shape index (κ1) is 12.8. The molecule has 94 valence electrons. The van der Waals surface area contributed by atoms with Crippen LogP contribution in [0.3, 0.4) is 0 Å². The third kappa shape index (κ3) is 2.78. The summed E-state index contributed by atoms with van der Waals surface area (Å²) in [5, 5.41) is 20.9. The van der Waals surface area contributed by atoms with E-state index in [9.17, 15) is 0 Å². The topological polar surface area (TPSA) is 111 Å².